The molecule has 5 aromatic rings. The lowest BCUT2D eigenvalue weighted by Gasteiger charge is -2.37. The number of aliphatic carboxylic acids is 1. The molecule has 5 heterocycles. The summed E-state index contributed by atoms with van der Waals surface area (Å²) >= 11 is 5.55. The predicted octanol–water partition coefficient (Wildman–Crippen LogP) is 4.99. The van der Waals surface area contributed by atoms with Crippen molar-refractivity contribution in [1.29, 1.82) is 0 Å². The SMILES string of the molecule is CCCNC(=O)NC1=CC(S(=O)(=O)Nc2cccc(C(CC(=O)O)NC(=O)Nc3ccc(NC(=S)N[C@@H](CC(N)=O)C(=O)N4CCC[C@H]4C(=O)N[C@H](C(=O)O[C@]4(CC)C(=O)OCc5c4cc4n(c5=O)Cc5cc6ccccc6nc5-4)C(C)C)cc3)c2)CC=C1. The van der Waals surface area contributed by atoms with Gasteiger partial charge in [-0.2, -0.15) is 0 Å². The number of rotatable bonds is 22. The Balaban J connectivity index is 0.810. The number of nitrogens with two attached hydrogens (primary N) is 1. The molecule has 3 aromatic carbocycles. The Morgan fingerprint density at radius 2 is 1.63 bits per heavy atom. The molecule has 1 aliphatic carbocycles. The zero-order chi connectivity index (χ0) is 63.9. The number of primary amides is 1. The van der Waals surface area contributed by atoms with Crippen LogP contribution in [-0.4, -0.2) is 117 Å². The number of thiocarbonyl (C=S) groups is 1. The number of aromatic nitrogens is 2. The molecular formula is C61H68N12O14S2. The minimum absolute atomic E-state index is 0.0892. The predicted molar refractivity (Wildman–Crippen MR) is 332 cm³/mol. The van der Waals surface area contributed by atoms with Gasteiger partial charge in [-0.1, -0.05) is 64.1 Å². The molecule has 9 rings (SSSR count). The lowest BCUT2D eigenvalue weighted by atomic mass is 9.85. The van der Waals surface area contributed by atoms with Crippen LogP contribution >= 0.6 is 12.2 Å². The van der Waals surface area contributed by atoms with Crippen LogP contribution in [0.25, 0.3) is 22.3 Å². The van der Waals surface area contributed by atoms with E-state index in [2.05, 4.69) is 41.9 Å². The molecule has 2 aromatic heterocycles. The first-order valence-electron chi connectivity index (χ1n) is 28.9. The third-order valence-electron chi connectivity index (χ3n) is 15.6. The second-order valence-corrected chi connectivity index (χ2v) is 24.5. The number of allylic oxidation sites excluding steroid dienone is 2. The van der Waals surface area contributed by atoms with Gasteiger partial charge in [-0.3, -0.25) is 28.7 Å². The number of benzene rings is 3. The van der Waals surface area contributed by atoms with E-state index in [0.29, 0.717) is 47.7 Å². The zero-order valence-corrected chi connectivity index (χ0v) is 50.7. The van der Waals surface area contributed by atoms with Crippen LogP contribution in [-0.2, 0) is 67.0 Å². The Labute approximate surface area is 516 Å². The second kappa shape index (κ2) is 27.1. The van der Waals surface area contributed by atoms with Gasteiger partial charge < -0.3 is 67.0 Å². The van der Waals surface area contributed by atoms with Crippen LogP contribution < -0.4 is 53.2 Å². The second-order valence-electron chi connectivity index (χ2n) is 22.2. The number of urea groups is 2. The standard InChI is InChI=1S/C61H68N12O14S2/c1-5-23-63-58(82)65-39-14-10-16-41(27-39)89(84,85)71-40-15-9-13-35(26-40)45(30-50(75)76)68-59(83)64-37-19-21-38(22-20-37)66-60(88)69-46(29-49(62)74)55(79)72-24-11-18-47(72)53(77)70-51(33(3)4)56(80)87-61(6-2)43-28-48-52-36(25-34-12-7-8-17-44(34)67-52)31-73(48)54(78)42(43)32-86-57(61)81/h7-10,12-15,17,19-22,25-28,33,41,45-47,51,71H,5-6,11,16,18,23-24,29-32H2,1-4H3,(H2,62,74)(H,70,77)(H,75,76)(H2,63,65,82)(H2,64,68,83)(H2,66,69,88)/t41?,45?,46-,47-,51-,61-/m0/s1. The van der Waals surface area contributed by atoms with E-state index in [1.807, 2.05) is 37.3 Å². The minimum Gasteiger partial charge on any atom is -0.481 e. The quantitative estimate of drug-likeness (QED) is 0.0316. The number of sulfonamides is 1. The molecule has 26 nitrogen and oxygen atoms in total. The molecule has 0 saturated carbocycles. The molecule has 28 heteroatoms. The largest absolute Gasteiger partial charge is 0.481 e. The molecule has 7 amide bonds. The molecule has 468 valence electrons. The van der Waals surface area contributed by atoms with Crippen molar-refractivity contribution in [3.63, 3.8) is 0 Å². The highest BCUT2D eigenvalue weighted by Crippen LogP contribution is 2.41. The van der Waals surface area contributed by atoms with Crippen LogP contribution in [0, 0.1) is 5.92 Å². The van der Waals surface area contributed by atoms with E-state index in [1.54, 1.807) is 43.6 Å². The first-order valence-corrected chi connectivity index (χ1v) is 30.9. The topological polar surface area (TPSA) is 370 Å². The maximum absolute atomic E-state index is 14.4. The number of nitrogens with one attached hydrogen (secondary N) is 8. The van der Waals surface area contributed by atoms with Crippen molar-refractivity contribution < 1.29 is 61.4 Å². The number of likely N-dealkylation sites (tertiary alicyclic amines) is 1. The number of nitrogens with zero attached hydrogens (tertiary/aromatic N) is 3. The number of carbonyl (C=O) groups excluding carboxylic acids is 7. The molecule has 6 atom stereocenters. The van der Waals surface area contributed by atoms with Crippen LogP contribution in [0.2, 0.25) is 0 Å². The third-order valence-corrected chi connectivity index (χ3v) is 17.4. The average molecular weight is 1260 g/mol. The van der Waals surface area contributed by atoms with Crippen molar-refractivity contribution in [2.75, 3.05) is 28.4 Å². The van der Waals surface area contributed by atoms with E-state index in [-0.39, 0.29) is 72.1 Å². The number of carboxylic acids is 1. The van der Waals surface area contributed by atoms with Crippen molar-refractivity contribution in [3.8, 4) is 11.4 Å². The Morgan fingerprint density at radius 1 is 0.888 bits per heavy atom. The highest BCUT2D eigenvalue weighted by atomic mass is 32.2. The van der Waals surface area contributed by atoms with Crippen molar-refractivity contribution >= 4 is 103 Å². The Hall–Kier alpha value is -9.70. The van der Waals surface area contributed by atoms with Gasteiger partial charge in [0.25, 0.3) is 5.56 Å². The van der Waals surface area contributed by atoms with Gasteiger partial charge >= 0.3 is 30.0 Å². The summed E-state index contributed by atoms with van der Waals surface area (Å²) in [4.78, 5) is 127. The summed E-state index contributed by atoms with van der Waals surface area (Å²) < 4.78 is 42.8. The number of amides is 7. The van der Waals surface area contributed by atoms with Gasteiger partial charge in [-0.25, -0.2) is 32.6 Å². The molecule has 0 spiro atoms. The van der Waals surface area contributed by atoms with Crippen LogP contribution in [0.15, 0.2) is 114 Å². The van der Waals surface area contributed by atoms with E-state index in [1.165, 1.54) is 59.5 Å². The summed E-state index contributed by atoms with van der Waals surface area (Å²) in [5.41, 5.74) is 7.20. The smallest absolute Gasteiger partial charge is 0.355 e. The molecule has 89 heavy (non-hydrogen) atoms. The number of carbonyl (C=O) groups is 8. The zero-order valence-electron chi connectivity index (χ0n) is 49.0. The lowest BCUT2D eigenvalue weighted by Crippen LogP contribution is -2.58. The number of para-hydroxylation sites is 1. The van der Waals surface area contributed by atoms with Crippen LogP contribution in [0.3, 0.4) is 0 Å². The number of cyclic esters (lactones) is 1. The van der Waals surface area contributed by atoms with Gasteiger partial charge in [-0.05, 0) is 123 Å². The molecule has 1 saturated heterocycles. The monoisotopic (exact) mass is 1260 g/mol. The maximum Gasteiger partial charge on any atom is 0.355 e. The summed E-state index contributed by atoms with van der Waals surface area (Å²) in [6.07, 6.45) is 4.79. The Morgan fingerprint density at radius 3 is 2.34 bits per heavy atom. The fourth-order valence-electron chi connectivity index (χ4n) is 11.1. The summed E-state index contributed by atoms with van der Waals surface area (Å²) in [5.74, 6) is -6.03. The molecule has 1 fully saturated rings. The van der Waals surface area contributed by atoms with Crippen molar-refractivity contribution in [2.24, 2.45) is 11.7 Å². The Bertz CT molecular complexity index is 3910. The highest BCUT2D eigenvalue weighted by Gasteiger charge is 2.52. The van der Waals surface area contributed by atoms with Gasteiger partial charge in [0.2, 0.25) is 33.3 Å². The van der Waals surface area contributed by atoms with E-state index >= 15 is 0 Å². The first-order chi connectivity index (χ1) is 42.5. The summed E-state index contributed by atoms with van der Waals surface area (Å²) in [5, 5.41) is 28.5. The van der Waals surface area contributed by atoms with E-state index in [9.17, 15) is 56.7 Å². The number of pyridine rings is 2. The number of ether oxygens (including phenoxy) is 2. The molecule has 4 aliphatic rings. The van der Waals surface area contributed by atoms with Crippen molar-refractivity contribution in [1.82, 2.24) is 41.0 Å². The number of esters is 2. The molecule has 0 radical (unpaired) electrons. The van der Waals surface area contributed by atoms with Gasteiger partial charge in [0, 0.05) is 52.4 Å². The Kier molecular flexibility index (Phi) is 19.5. The fourth-order valence-corrected chi connectivity index (χ4v) is 12.7. The molecule has 0 bridgehead atoms. The first kappa shape index (κ1) is 63.8. The fraction of sp³-hybridized carbons (Fsp3) is 0.361. The van der Waals surface area contributed by atoms with Gasteiger partial charge in [-0.15, -0.1) is 0 Å². The average Bonchev–Trinajstić information content (AvgIpc) is 1.72. The molecule has 11 N–H and O–H groups in total. The number of hydrogen-bond donors (Lipinski definition) is 10. The number of carboxylic acid groups (broad SMARTS) is 1. The van der Waals surface area contributed by atoms with E-state index in [4.69, 9.17) is 32.4 Å². The van der Waals surface area contributed by atoms with Gasteiger partial charge in [0.05, 0.1) is 47.9 Å². The normalized spacial score (nSPS) is 18.3. The van der Waals surface area contributed by atoms with Crippen molar-refractivity contribution in [3.05, 3.63) is 141 Å². The van der Waals surface area contributed by atoms with Crippen LogP contribution in [0.1, 0.15) is 101 Å². The van der Waals surface area contributed by atoms with Crippen molar-refractivity contribution in [2.45, 2.75) is 121 Å². The molecular weight excluding hydrogens is 1190 g/mol. The van der Waals surface area contributed by atoms with Gasteiger partial charge in [0.1, 0.15) is 30.0 Å². The summed E-state index contributed by atoms with van der Waals surface area (Å²) in [6.45, 7) is 7.23. The van der Waals surface area contributed by atoms with Crippen LogP contribution in [0.5, 0.6) is 0 Å². The third kappa shape index (κ3) is 14.5. The van der Waals surface area contributed by atoms with E-state index < -0.39 is 117 Å². The highest BCUT2D eigenvalue weighted by molar-refractivity contribution is 7.93. The van der Waals surface area contributed by atoms with E-state index in [0.717, 1.165) is 10.9 Å². The molecule has 3 aliphatic heterocycles. The maximum atomic E-state index is 14.4. The summed E-state index contributed by atoms with van der Waals surface area (Å²) in [7, 11) is -4.08. The van der Waals surface area contributed by atoms with Crippen LogP contribution in [0.4, 0.5) is 26.7 Å². The number of hydrogen-bond acceptors (Lipinski definition) is 15. The van der Waals surface area contributed by atoms with Gasteiger partial charge in [0.15, 0.2) is 5.11 Å². The molecule has 2 unspecified atom stereocenters. The summed E-state index contributed by atoms with van der Waals surface area (Å²) in [6, 6.07) is 16.8. The lowest BCUT2D eigenvalue weighted by molar-refractivity contribution is -0.191. The minimum atomic E-state index is -4.08. The number of anilines is 3. The number of fused-ring (bicyclic) bond motifs is 5.